The third kappa shape index (κ3) is 5.10. The maximum absolute atomic E-state index is 6.50. The van der Waals surface area contributed by atoms with Gasteiger partial charge in [0, 0.05) is 5.38 Å². The van der Waals surface area contributed by atoms with Gasteiger partial charge in [0.1, 0.15) is 11.5 Å². The quantitative estimate of drug-likeness (QED) is 0.637. The zero-order chi connectivity index (χ0) is 15.1. The summed E-state index contributed by atoms with van der Waals surface area (Å²) >= 11 is 6.50. The van der Waals surface area contributed by atoms with E-state index < -0.39 is 0 Å². The van der Waals surface area contributed by atoms with Crippen LogP contribution in [0.3, 0.4) is 0 Å². The van der Waals surface area contributed by atoms with E-state index in [9.17, 15) is 0 Å². The van der Waals surface area contributed by atoms with Gasteiger partial charge < -0.3 is 9.47 Å². The molecule has 0 saturated heterocycles. The molecule has 118 valence electrons. The van der Waals surface area contributed by atoms with E-state index >= 15 is 0 Å². The van der Waals surface area contributed by atoms with Crippen LogP contribution >= 0.6 is 11.6 Å². The zero-order valence-electron chi connectivity index (χ0n) is 13.2. The molecule has 0 heterocycles. The lowest BCUT2D eigenvalue weighted by atomic mass is 9.78. The molecule has 1 aliphatic carbocycles. The number of halogens is 1. The van der Waals surface area contributed by atoms with Crippen molar-refractivity contribution in [1.82, 2.24) is 0 Å². The predicted molar refractivity (Wildman–Crippen MR) is 88.5 cm³/mol. The average molecular weight is 311 g/mol. The van der Waals surface area contributed by atoms with E-state index in [0.717, 1.165) is 30.4 Å². The Morgan fingerprint density at radius 2 is 1.81 bits per heavy atom. The summed E-state index contributed by atoms with van der Waals surface area (Å²) in [6.07, 6.45) is 7.43. The molecule has 2 nitrogen and oxygen atoms in total. The van der Waals surface area contributed by atoms with Crippen LogP contribution in [-0.4, -0.2) is 19.1 Å². The molecule has 1 fully saturated rings. The van der Waals surface area contributed by atoms with Gasteiger partial charge in [-0.25, -0.2) is 0 Å². The van der Waals surface area contributed by atoms with Crippen molar-refractivity contribution in [2.45, 2.75) is 50.8 Å². The molecular formula is C18H27ClO2. The average Bonchev–Trinajstić information content (AvgIpc) is 2.51. The summed E-state index contributed by atoms with van der Waals surface area (Å²) in [5.41, 5.74) is 0. The Kier molecular flexibility index (Phi) is 6.69. The normalized spacial score (nSPS) is 25.6. The Morgan fingerprint density at radius 3 is 2.48 bits per heavy atom. The second-order valence-electron chi connectivity index (χ2n) is 6.06. The molecule has 3 atom stereocenters. The van der Waals surface area contributed by atoms with Crippen LogP contribution in [0.1, 0.15) is 45.4 Å². The number of hydrogen-bond donors (Lipinski definition) is 0. The maximum atomic E-state index is 6.50. The molecule has 0 N–H and O–H groups in total. The molecule has 0 amide bonds. The Morgan fingerprint density at radius 1 is 1.10 bits per heavy atom. The van der Waals surface area contributed by atoms with Crippen molar-refractivity contribution in [2.24, 2.45) is 11.8 Å². The first kappa shape index (κ1) is 16.5. The molecule has 0 radical (unpaired) electrons. The predicted octanol–water partition coefficient (Wildman–Crippen LogP) is 5.29. The summed E-state index contributed by atoms with van der Waals surface area (Å²) in [4.78, 5) is 0. The smallest absolute Gasteiger partial charge is 0.119 e. The second kappa shape index (κ2) is 8.53. The zero-order valence-corrected chi connectivity index (χ0v) is 13.9. The van der Waals surface area contributed by atoms with Crippen LogP contribution in [-0.2, 0) is 0 Å². The molecule has 0 aliphatic heterocycles. The fourth-order valence-corrected chi connectivity index (χ4v) is 3.65. The number of rotatable bonds is 7. The van der Waals surface area contributed by atoms with Crippen molar-refractivity contribution < 1.29 is 9.47 Å². The van der Waals surface area contributed by atoms with Crippen molar-refractivity contribution in [1.29, 1.82) is 0 Å². The van der Waals surface area contributed by atoms with Crippen LogP contribution in [0.5, 0.6) is 11.5 Å². The van der Waals surface area contributed by atoms with Crippen LogP contribution in [0.2, 0.25) is 0 Å². The van der Waals surface area contributed by atoms with Gasteiger partial charge in [-0.2, -0.15) is 0 Å². The summed E-state index contributed by atoms with van der Waals surface area (Å²) in [6.45, 7) is 3.02. The molecule has 0 spiro atoms. The molecule has 0 bridgehead atoms. The molecule has 1 aliphatic rings. The molecule has 3 heteroatoms. The highest BCUT2D eigenvalue weighted by Crippen LogP contribution is 2.36. The number of alkyl halides is 1. The third-order valence-corrected chi connectivity index (χ3v) is 5.09. The first-order valence-corrected chi connectivity index (χ1v) is 8.57. The third-order valence-electron chi connectivity index (χ3n) is 4.51. The minimum atomic E-state index is 0.331. The minimum absolute atomic E-state index is 0.331. The van der Waals surface area contributed by atoms with Crippen molar-refractivity contribution in [3.8, 4) is 11.5 Å². The van der Waals surface area contributed by atoms with E-state index in [2.05, 4.69) is 6.92 Å². The first-order chi connectivity index (χ1) is 10.2. The highest BCUT2D eigenvalue weighted by Gasteiger charge is 2.28. The van der Waals surface area contributed by atoms with Gasteiger partial charge in [0.05, 0.1) is 13.7 Å². The fourth-order valence-electron chi connectivity index (χ4n) is 3.29. The minimum Gasteiger partial charge on any atom is -0.497 e. The van der Waals surface area contributed by atoms with Gasteiger partial charge in [-0.15, -0.1) is 11.6 Å². The Hall–Kier alpha value is -0.890. The van der Waals surface area contributed by atoms with Gasteiger partial charge in [-0.05, 0) is 61.8 Å². The van der Waals surface area contributed by atoms with Gasteiger partial charge >= 0.3 is 0 Å². The maximum Gasteiger partial charge on any atom is 0.119 e. The number of benzene rings is 1. The Bertz CT molecular complexity index is 404. The molecule has 21 heavy (non-hydrogen) atoms. The molecule has 0 aromatic heterocycles. The summed E-state index contributed by atoms with van der Waals surface area (Å²) in [5, 5.41) is 0.331. The fraction of sp³-hybridized carbons (Fsp3) is 0.667. The second-order valence-corrected chi connectivity index (χ2v) is 6.62. The van der Waals surface area contributed by atoms with Crippen molar-refractivity contribution in [3.63, 3.8) is 0 Å². The van der Waals surface area contributed by atoms with Crippen LogP contribution in [0.25, 0.3) is 0 Å². The van der Waals surface area contributed by atoms with Crippen LogP contribution in [0.15, 0.2) is 24.3 Å². The van der Waals surface area contributed by atoms with Crippen molar-refractivity contribution >= 4 is 11.6 Å². The van der Waals surface area contributed by atoms with Gasteiger partial charge in [0.15, 0.2) is 0 Å². The van der Waals surface area contributed by atoms with Crippen molar-refractivity contribution in [2.75, 3.05) is 13.7 Å². The monoisotopic (exact) mass is 310 g/mol. The van der Waals surface area contributed by atoms with E-state index in [4.69, 9.17) is 21.1 Å². The standard InChI is InChI=1S/C18H27ClO2/c1-3-4-14-5-10-18(19)15(13-14)11-12-21-17-8-6-16(20-2)7-9-17/h6-9,14-15,18H,3-5,10-13H2,1-2H3. The number of hydrogen-bond acceptors (Lipinski definition) is 2. The van der Waals surface area contributed by atoms with Gasteiger partial charge in [-0.1, -0.05) is 19.8 Å². The van der Waals surface area contributed by atoms with E-state index in [1.165, 1.54) is 32.1 Å². The summed E-state index contributed by atoms with van der Waals surface area (Å²) in [6, 6.07) is 7.77. The molecule has 1 aromatic carbocycles. The highest BCUT2D eigenvalue weighted by molar-refractivity contribution is 6.20. The molecule has 2 rings (SSSR count). The lowest BCUT2D eigenvalue weighted by molar-refractivity contribution is 0.208. The van der Waals surface area contributed by atoms with Crippen molar-refractivity contribution in [3.05, 3.63) is 24.3 Å². The number of methoxy groups -OCH3 is 1. The topological polar surface area (TPSA) is 18.5 Å². The molecular weight excluding hydrogens is 284 g/mol. The Labute approximate surface area is 133 Å². The van der Waals surface area contributed by atoms with E-state index in [-0.39, 0.29) is 0 Å². The summed E-state index contributed by atoms with van der Waals surface area (Å²) in [5.74, 6) is 3.24. The van der Waals surface area contributed by atoms with Crippen LogP contribution in [0, 0.1) is 11.8 Å². The Balaban J connectivity index is 1.75. The van der Waals surface area contributed by atoms with Gasteiger partial charge in [-0.3, -0.25) is 0 Å². The van der Waals surface area contributed by atoms with E-state index in [0.29, 0.717) is 11.3 Å². The van der Waals surface area contributed by atoms with Gasteiger partial charge in [0.2, 0.25) is 0 Å². The first-order valence-electron chi connectivity index (χ1n) is 8.13. The van der Waals surface area contributed by atoms with E-state index in [1.807, 2.05) is 24.3 Å². The van der Waals surface area contributed by atoms with Crippen LogP contribution < -0.4 is 9.47 Å². The molecule has 3 unspecified atom stereocenters. The van der Waals surface area contributed by atoms with E-state index in [1.54, 1.807) is 7.11 Å². The lowest BCUT2D eigenvalue weighted by Crippen LogP contribution is -2.27. The SMILES string of the molecule is CCCC1CCC(Cl)C(CCOc2ccc(OC)cc2)C1. The van der Waals surface area contributed by atoms with Gasteiger partial charge in [0.25, 0.3) is 0 Å². The van der Waals surface area contributed by atoms with Crippen LogP contribution in [0.4, 0.5) is 0 Å². The summed E-state index contributed by atoms with van der Waals surface area (Å²) in [7, 11) is 1.67. The molecule has 1 aromatic rings. The lowest BCUT2D eigenvalue weighted by Gasteiger charge is -2.33. The number of ether oxygens (including phenoxy) is 2. The summed E-state index contributed by atoms with van der Waals surface area (Å²) < 4.78 is 11.0. The molecule has 1 saturated carbocycles. The largest absolute Gasteiger partial charge is 0.497 e. The highest BCUT2D eigenvalue weighted by atomic mass is 35.5.